The first-order chi connectivity index (χ1) is 14.2. The zero-order valence-corrected chi connectivity index (χ0v) is 17.2. The highest BCUT2D eigenvalue weighted by Gasteiger charge is 2.33. The van der Waals surface area contributed by atoms with Crippen molar-refractivity contribution in [3.63, 3.8) is 0 Å². The second-order valence-electron chi connectivity index (χ2n) is 6.93. The van der Waals surface area contributed by atoms with Crippen molar-refractivity contribution in [2.75, 3.05) is 6.54 Å². The van der Waals surface area contributed by atoms with Crippen molar-refractivity contribution >= 4 is 29.3 Å². The summed E-state index contributed by atoms with van der Waals surface area (Å²) in [5, 5.41) is 1.60. The molecule has 0 radical (unpaired) electrons. The smallest absolute Gasteiger partial charge is 0.189 e. The molecular weight excluding hydrogens is 375 g/mol. The van der Waals surface area contributed by atoms with Gasteiger partial charge in [0, 0.05) is 35.8 Å². The van der Waals surface area contributed by atoms with E-state index in [0.29, 0.717) is 5.44 Å². The Hall–Kier alpha value is -3.16. The monoisotopic (exact) mass is 398 g/mol. The average molecular weight is 398 g/mol. The van der Waals surface area contributed by atoms with Gasteiger partial charge in [0.25, 0.3) is 0 Å². The second-order valence-corrected chi connectivity index (χ2v) is 9.57. The normalized spacial score (nSPS) is 15.6. The van der Waals surface area contributed by atoms with Gasteiger partial charge in [0.15, 0.2) is 7.14 Å². The van der Waals surface area contributed by atoms with Gasteiger partial charge in [0.05, 0.1) is 0 Å². The van der Waals surface area contributed by atoms with Gasteiger partial charge in [-0.1, -0.05) is 72.8 Å². The van der Waals surface area contributed by atoms with Crippen LogP contribution in [0, 0.1) is 6.92 Å². The molecule has 1 aliphatic heterocycles. The minimum Gasteiger partial charge on any atom is -0.350 e. The van der Waals surface area contributed by atoms with Crippen molar-refractivity contribution < 1.29 is 4.57 Å². The second kappa shape index (κ2) is 8.46. The molecule has 0 aliphatic carbocycles. The summed E-state index contributed by atoms with van der Waals surface area (Å²) < 4.78 is 14.8. The Morgan fingerprint density at radius 1 is 0.966 bits per heavy atom. The van der Waals surface area contributed by atoms with Crippen LogP contribution >= 0.6 is 7.14 Å². The molecule has 0 bridgehead atoms. The molecule has 0 spiro atoms. The van der Waals surface area contributed by atoms with Crippen LogP contribution in [0.25, 0.3) is 6.08 Å². The largest absolute Gasteiger partial charge is 0.350 e. The first-order valence-corrected chi connectivity index (χ1v) is 11.3. The SMILES string of the molecule is Cc1cccnc1P(=O)(c1ccccc1)c1ccccc1C=CN1C=CC=CC1. The lowest BCUT2D eigenvalue weighted by Crippen LogP contribution is -2.30. The Morgan fingerprint density at radius 2 is 1.76 bits per heavy atom. The molecule has 3 nitrogen and oxygen atoms in total. The van der Waals surface area contributed by atoms with Gasteiger partial charge in [-0.2, -0.15) is 0 Å². The van der Waals surface area contributed by atoms with Gasteiger partial charge in [-0.05, 0) is 36.3 Å². The molecule has 0 fully saturated rings. The number of allylic oxidation sites excluding steroid dienone is 2. The molecule has 0 amide bonds. The fraction of sp³-hybridized carbons (Fsp3) is 0.0800. The van der Waals surface area contributed by atoms with E-state index in [1.807, 2.05) is 104 Å². The van der Waals surface area contributed by atoms with E-state index < -0.39 is 7.14 Å². The fourth-order valence-corrected chi connectivity index (χ4v) is 6.46. The molecule has 1 aliphatic rings. The molecular formula is C25H23N2OP. The van der Waals surface area contributed by atoms with Crippen molar-refractivity contribution in [2.24, 2.45) is 0 Å². The minimum atomic E-state index is -3.13. The fourth-order valence-electron chi connectivity index (χ4n) is 3.50. The van der Waals surface area contributed by atoms with Crippen molar-refractivity contribution in [1.29, 1.82) is 0 Å². The summed E-state index contributed by atoms with van der Waals surface area (Å²) in [6.07, 6.45) is 14.0. The molecule has 3 aromatic rings. The maximum Gasteiger partial charge on any atom is 0.189 e. The number of hydrogen-bond donors (Lipinski definition) is 0. The molecule has 2 heterocycles. The molecule has 0 saturated heterocycles. The van der Waals surface area contributed by atoms with Gasteiger partial charge < -0.3 is 9.46 Å². The van der Waals surface area contributed by atoms with Crippen LogP contribution in [0.1, 0.15) is 11.1 Å². The van der Waals surface area contributed by atoms with Crippen molar-refractivity contribution in [3.05, 3.63) is 115 Å². The predicted molar refractivity (Wildman–Crippen MR) is 122 cm³/mol. The lowest BCUT2D eigenvalue weighted by atomic mass is 10.2. The van der Waals surface area contributed by atoms with E-state index in [1.54, 1.807) is 6.20 Å². The van der Waals surface area contributed by atoms with Gasteiger partial charge in [-0.15, -0.1) is 0 Å². The molecule has 29 heavy (non-hydrogen) atoms. The predicted octanol–water partition coefficient (Wildman–Crippen LogP) is 4.39. The van der Waals surface area contributed by atoms with Gasteiger partial charge in [0.2, 0.25) is 0 Å². The molecule has 1 atom stereocenters. The van der Waals surface area contributed by atoms with Crippen molar-refractivity contribution in [2.45, 2.75) is 6.92 Å². The number of hydrogen-bond acceptors (Lipinski definition) is 3. The van der Waals surface area contributed by atoms with Crippen LogP contribution < -0.4 is 16.0 Å². The standard InChI is InChI=1S/C25H23N2OP/c1-21-11-10-17-26-25(21)29(28,23-13-4-2-5-14-23)24-15-7-6-12-22(24)16-20-27-18-8-3-9-19-27/h2-18,20H,19H2,1H3. The van der Waals surface area contributed by atoms with Crippen LogP contribution in [-0.4, -0.2) is 16.4 Å². The Balaban J connectivity index is 1.88. The van der Waals surface area contributed by atoms with Crippen LogP contribution in [0.4, 0.5) is 0 Å². The summed E-state index contributed by atoms with van der Waals surface area (Å²) in [4.78, 5) is 6.67. The van der Waals surface area contributed by atoms with Gasteiger partial charge >= 0.3 is 0 Å². The number of nitrogens with zero attached hydrogens (tertiary/aromatic N) is 2. The molecule has 0 N–H and O–H groups in total. The Morgan fingerprint density at radius 3 is 2.52 bits per heavy atom. The van der Waals surface area contributed by atoms with Gasteiger partial charge in [-0.25, -0.2) is 0 Å². The summed E-state index contributed by atoms with van der Waals surface area (Å²) in [7, 11) is -3.13. The lowest BCUT2D eigenvalue weighted by molar-refractivity contribution is 0.564. The summed E-state index contributed by atoms with van der Waals surface area (Å²) in [6, 6.07) is 21.5. The third-order valence-corrected chi connectivity index (χ3v) is 8.14. The number of aryl methyl sites for hydroxylation is 1. The zero-order valence-electron chi connectivity index (χ0n) is 16.3. The molecule has 1 unspecified atom stereocenters. The van der Waals surface area contributed by atoms with Gasteiger partial charge in [0.1, 0.15) is 5.44 Å². The van der Waals surface area contributed by atoms with Crippen LogP contribution in [0.15, 0.2) is 104 Å². The number of benzene rings is 2. The first-order valence-electron chi connectivity index (χ1n) is 9.64. The average Bonchev–Trinajstić information content (AvgIpc) is 2.79. The Labute approximate surface area is 172 Å². The highest BCUT2D eigenvalue weighted by molar-refractivity contribution is 7.85. The number of rotatable bonds is 5. The summed E-state index contributed by atoms with van der Waals surface area (Å²) in [5.41, 5.74) is 2.52. The van der Waals surface area contributed by atoms with Crippen LogP contribution in [-0.2, 0) is 4.57 Å². The third kappa shape index (κ3) is 3.87. The van der Waals surface area contributed by atoms with E-state index in [0.717, 1.165) is 28.3 Å². The Bertz CT molecular complexity index is 1130. The molecule has 4 heteroatoms. The quantitative estimate of drug-likeness (QED) is 0.598. The highest BCUT2D eigenvalue weighted by atomic mass is 31.2. The van der Waals surface area contributed by atoms with Gasteiger partial charge in [-0.3, -0.25) is 4.98 Å². The maximum absolute atomic E-state index is 14.8. The highest BCUT2D eigenvalue weighted by Crippen LogP contribution is 2.43. The summed E-state index contributed by atoms with van der Waals surface area (Å²) >= 11 is 0. The summed E-state index contributed by atoms with van der Waals surface area (Å²) in [6.45, 7) is 2.80. The van der Waals surface area contributed by atoms with E-state index in [4.69, 9.17) is 0 Å². The summed E-state index contributed by atoms with van der Waals surface area (Å²) in [5.74, 6) is 0. The molecule has 1 aromatic heterocycles. The molecule has 4 rings (SSSR count). The van der Waals surface area contributed by atoms with Crippen molar-refractivity contribution in [1.82, 2.24) is 9.88 Å². The first kappa shape index (κ1) is 19.2. The van der Waals surface area contributed by atoms with Crippen molar-refractivity contribution in [3.8, 4) is 0 Å². The topological polar surface area (TPSA) is 33.2 Å². The minimum absolute atomic E-state index is 0.646. The van der Waals surface area contributed by atoms with E-state index in [9.17, 15) is 4.57 Å². The molecule has 0 saturated carbocycles. The molecule has 144 valence electrons. The zero-order chi connectivity index (χ0) is 20.1. The van der Waals surface area contributed by atoms with Crippen LogP contribution in [0.3, 0.4) is 0 Å². The van der Waals surface area contributed by atoms with E-state index in [-0.39, 0.29) is 0 Å². The Kier molecular flexibility index (Phi) is 5.59. The van der Waals surface area contributed by atoms with E-state index in [2.05, 4.69) is 16.0 Å². The maximum atomic E-state index is 14.8. The molecule has 2 aromatic carbocycles. The van der Waals surface area contributed by atoms with Crippen LogP contribution in [0.2, 0.25) is 0 Å². The van der Waals surface area contributed by atoms with Crippen LogP contribution in [0.5, 0.6) is 0 Å². The van der Waals surface area contributed by atoms with E-state index >= 15 is 0 Å². The number of aromatic nitrogens is 1. The third-order valence-electron chi connectivity index (χ3n) is 4.96. The van der Waals surface area contributed by atoms with E-state index in [1.165, 1.54) is 0 Å². The number of pyridine rings is 1. The lowest BCUT2D eigenvalue weighted by Gasteiger charge is -2.22.